The van der Waals surface area contributed by atoms with E-state index in [4.69, 9.17) is 0 Å². The second kappa shape index (κ2) is 5.43. The van der Waals surface area contributed by atoms with Crippen molar-refractivity contribution in [2.45, 2.75) is 20.0 Å². The fourth-order valence-electron chi connectivity index (χ4n) is 2.28. The summed E-state index contributed by atoms with van der Waals surface area (Å²) in [6.45, 7) is 3.63. The number of rotatable bonds is 4. The monoisotopic (exact) mass is 266 g/mol. The van der Waals surface area contributed by atoms with Crippen LogP contribution in [0, 0.1) is 6.92 Å². The summed E-state index contributed by atoms with van der Waals surface area (Å²) in [4.78, 5) is 4.51. The molecule has 0 aliphatic heterocycles. The maximum Gasteiger partial charge on any atom is 0.0762 e. The Hall–Kier alpha value is -2.20. The van der Waals surface area contributed by atoms with Crippen LogP contribution in [0.5, 0.6) is 0 Å². The molecule has 102 valence electrons. The third-order valence-electron chi connectivity index (χ3n) is 3.30. The van der Waals surface area contributed by atoms with Gasteiger partial charge in [-0.3, -0.25) is 9.67 Å². The van der Waals surface area contributed by atoms with Crippen LogP contribution in [0.25, 0.3) is 10.9 Å². The van der Waals surface area contributed by atoms with Crippen molar-refractivity contribution in [2.75, 3.05) is 0 Å². The summed E-state index contributed by atoms with van der Waals surface area (Å²) in [5, 5.41) is 8.94. The molecule has 0 fully saturated rings. The van der Waals surface area contributed by atoms with Gasteiger partial charge in [0.25, 0.3) is 0 Å². The van der Waals surface area contributed by atoms with E-state index in [-0.39, 0.29) is 0 Å². The molecule has 0 atom stereocenters. The van der Waals surface area contributed by atoms with Crippen molar-refractivity contribution in [3.63, 3.8) is 0 Å². The first-order chi connectivity index (χ1) is 9.70. The highest BCUT2D eigenvalue weighted by Gasteiger charge is 2.00. The number of nitrogens with one attached hydrogen (secondary N) is 1. The van der Waals surface area contributed by atoms with Gasteiger partial charge >= 0.3 is 0 Å². The summed E-state index contributed by atoms with van der Waals surface area (Å²) in [7, 11) is 1.93. The predicted molar refractivity (Wildman–Crippen MR) is 80.2 cm³/mol. The first kappa shape index (κ1) is 12.8. The minimum Gasteiger partial charge on any atom is -0.307 e. The molecule has 0 bridgehead atoms. The maximum absolute atomic E-state index is 4.51. The Kier molecular flexibility index (Phi) is 3.48. The second-order valence-corrected chi connectivity index (χ2v) is 5.06. The molecular formula is C16H18N4. The van der Waals surface area contributed by atoms with Gasteiger partial charge in [0.05, 0.1) is 11.2 Å². The Bertz CT molecular complexity index is 730. The molecule has 0 unspecified atom stereocenters. The molecule has 0 aliphatic carbocycles. The van der Waals surface area contributed by atoms with Crippen LogP contribution >= 0.6 is 0 Å². The van der Waals surface area contributed by atoms with E-state index in [2.05, 4.69) is 39.7 Å². The standard InChI is InChI=1S/C16H18N4/c1-12-3-5-14-9-13(4-6-16(14)18-12)10-17-11-15-7-8-20(2)19-15/h3-9,17H,10-11H2,1-2H3. The number of nitrogens with zero attached hydrogens (tertiary/aromatic N) is 3. The number of benzene rings is 1. The number of fused-ring (bicyclic) bond motifs is 1. The zero-order valence-electron chi connectivity index (χ0n) is 11.8. The average molecular weight is 266 g/mol. The van der Waals surface area contributed by atoms with Gasteiger partial charge in [-0.15, -0.1) is 0 Å². The predicted octanol–water partition coefficient (Wildman–Crippen LogP) is 2.57. The van der Waals surface area contributed by atoms with Crippen molar-refractivity contribution < 1.29 is 0 Å². The first-order valence-corrected chi connectivity index (χ1v) is 6.76. The van der Waals surface area contributed by atoms with Gasteiger partial charge in [-0.25, -0.2) is 0 Å². The second-order valence-electron chi connectivity index (χ2n) is 5.06. The van der Waals surface area contributed by atoms with Crippen LogP contribution in [0.3, 0.4) is 0 Å². The fourth-order valence-corrected chi connectivity index (χ4v) is 2.28. The molecule has 1 N–H and O–H groups in total. The van der Waals surface area contributed by atoms with Gasteiger partial charge in [-0.05, 0) is 36.8 Å². The van der Waals surface area contributed by atoms with Gasteiger partial charge in [0.2, 0.25) is 0 Å². The molecule has 0 saturated heterocycles. The quantitative estimate of drug-likeness (QED) is 0.789. The van der Waals surface area contributed by atoms with Crippen molar-refractivity contribution in [1.29, 1.82) is 0 Å². The molecule has 0 spiro atoms. The smallest absolute Gasteiger partial charge is 0.0762 e. The van der Waals surface area contributed by atoms with Crippen LogP contribution in [0.2, 0.25) is 0 Å². The molecule has 20 heavy (non-hydrogen) atoms. The molecule has 1 aromatic carbocycles. The van der Waals surface area contributed by atoms with E-state index < -0.39 is 0 Å². The van der Waals surface area contributed by atoms with E-state index in [1.54, 1.807) is 0 Å². The minimum absolute atomic E-state index is 0.783. The highest BCUT2D eigenvalue weighted by atomic mass is 15.3. The van der Waals surface area contributed by atoms with Gasteiger partial charge in [0.1, 0.15) is 0 Å². The molecule has 0 radical (unpaired) electrons. The SMILES string of the molecule is Cc1ccc2cc(CNCc3ccn(C)n3)ccc2n1. The Labute approximate surface area is 118 Å². The van der Waals surface area contributed by atoms with Crippen molar-refractivity contribution in [1.82, 2.24) is 20.1 Å². The summed E-state index contributed by atoms with van der Waals surface area (Å²) in [6.07, 6.45) is 1.96. The lowest BCUT2D eigenvalue weighted by Gasteiger charge is -2.05. The third-order valence-corrected chi connectivity index (χ3v) is 3.30. The maximum atomic E-state index is 4.51. The van der Waals surface area contributed by atoms with Crippen LogP contribution in [0.1, 0.15) is 17.0 Å². The molecule has 3 aromatic rings. The van der Waals surface area contributed by atoms with E-state index in [0.717, 1.165) is 30.0 Å². The molecule has 4 nitrogen and oxygen atoms in total. The minimum atomic E-state index is 0.783. The van der Waals surface area contributed by atoms with Crippen LogP contribution in [0.15, 0.2) is 42.6 Å². The molecule has 2 aromatic heterocycles. The molecule has 2 heterocycles. The lowest BCUT2D eigenvalue weighted by molar-refractivity contribution is 0.657. The lowest BCUT2D eigenvalue weighted by atomic mass is 10.1. The zero-order chi connectivity index (χ0) is 13.9. The fraction of sp³-hybridized carbons (Fsp3) is 0.250. The Morgan fingerprint density at radius 1 is 1.10 bits per heavy atom. The van der Waals surface area contributed by atoms with Crippen molar-refractivity contribution in [3.8, 4) is 0 Å². The molecule has 3 rings (SSSR count). The molecule has 0 amide bonds. The van der Waals surface area contributed by atoms with E-state index in [1.165, 1.54) is 10.9 Å². The number of hydrogen-bond acceptors (Lipinski definition) is 3. The van der Waals surface area contributed by atoms with Crippen LogP contribution in [0.4, 0.5) is 0 Å². The lowest BCUT2D eigenvalue weighted by Crippen LogP contribution is -2.13. The van der Waals surface area contributed by atoms with Gasteiger partial charge < -0.3 is 5.32 Å². The largest absolute Gasteiger partial charge is 0.307 e. The number of aromatic nitrogens is 3. The zero-order valence-corrected chi connectivity index (χ0v) is 11.8. The summed E-state index contributed by atoms with van der Waals surface area (Å²) in [5.74, 6) is 0. The Balaban J connectivity index is 1.67. The van der Waals surface area contributed by atoms with Gasteiger partial charge in [-0.1, -0.05) is 12.1 Å². The van der Waals surface area contributed by atoms with Crippen molar-refractivity contribution in [3.05, 3.63) is 59.5 Å². The Morgan fingerprint density at radius 3 is 2.80 bits per heavy atom. The van der Waals surface area contributed by atoms with E-state index >= 15 is 0 Å². The van der Waals surface area contributed by atoms with E-state index in [9.17, 15) is 0 Å². The Morgan fingerprint density at radius 2 is 2.00 bits per heavy atom. The topological polar surface area (TPSA) is 42.7 Å². The molecule has 0 saturated carbocycles. The summed E-state index contributed by atoms with van der Waals surface area (Å²) in [5.41, 5.74) is 4.43. The van der Waals surface area contributed by atoms with Crippen LogP contribution in [-0.4, -0.2) is 14.8 Å². The normalized spacial score (nSPS) is 11.1. The highest BCUT2D eigenvalue weighted by molar-refractivity contribution is 5.79. The summed E-state index contributed by atoms with van der Waals surface area (Å²) >= 11 is 0. The van der Waals surface area contributed by atoms with Crippen molar-refractivity contribution >= 4 is 10.9 Å². The molecule has 0 aliphatic rings. The third kappa shape index (κ3) is 2.86. The number of aryl methyl sites for hydroxylation is 2. The average Bonchev–Trinajstić information content (AvgIpc) is 2.85. The van der Waals surface area contributed by atoms with Crippen LogP contribution < -0.4 is 5.32 Å². The van der Waals surface area contributed by atoms with Crippen LogP contribution in [-0.2, 0) is 20.1 Å². The van der Waals surface area contributed by atoms with E-state index in [0.29, 0.717) is 0 Å². The number of hydrogen-bond donors (Lipinski definition) is 1. The summed E-state index contributed by atoms with van der Waals surface area (Å²) < 4.78 is 1.82. The van der Waals surface area contributed by atoms with E-state index in [1.807, 2.05) is 37.0 Å². The van der Waals surface area contributed by atoms with Gasteiger partial charge in [-0.2, -0.15) is 5.10 Å². The first-order valence-electron chi connectivity index (χ1n) is 6.76. The summed E-state index contributed by atoms with van der Waals surface area (Å²) in [6, 6.07) is 12.6. The van der Waals surface area contributed by atoms with Gasteiger partial charge in [0, 0.05) is 37.4 Å². The highest BCUT2D eigenvalue weighted by Crippen LogP contribution is 2.14. The molecular weight excluding hydrogens is 248 g/mol. The number of pyridine rings is 1. The van der Waals surface area contributed by atoms with Gasteiger partial charge in [0.15, 0.2) is 0 Å². The van der Waals surface area contributed by atoms with Crippen molar-refractivity contribution in [2.24, 2.45) is 7.05 Å². The molecule has 4 heteroatoms.